The lowest BCUT2D eigenvalue weighted by Crippen LogP contribution is -2.18. The molecular weight excluding hydrogens is 300 g/mol. The van der Waals surface area contributed by atoms with Crippen molar-refractivity contribution in [3.05, 3.63) is 52.1 Å². The number of esters is 1. The standard InChI is InChI=1S/C20H24N2O2/c1-21-11-18-14-6-4-5-7-15(14)19(12-22-2)17-10-13(20(23)24-3)8-9-16(17)18/h4-7,10,21-22H,8-9,11-12H2,1-3H3. The van der Waals surface area contributed by atoms with E-state index in [1.54, 1.807) is 0 Å². The number of hydrogen-bond acceptors (Lipinski definition) is 4. The van der Waals surface area contributed by atoms with Crippen molar-refractivity contribution in [3.63, 3.8) is 0 Å². The van der Waals surface area contributed by atoms with Gasteiger partial charge in [0.15, 0.2) is 0 Å². The Hall–Kier alpha value is -2.17. The highest BCUT2D eigenvalue weighted by Gasteiger charge is 2.23. The van der Waals surface area contributed by atoms with Gasteiger partial charge in [-0.3, -0.25) is 0 Å². The van der Waals surface area contributed by atoms with Crippen molar-refractivity contribution >= 4 is 22.8 Å². The average Bonchev–Trinajstić information content (AvgIpc) is 2.63. The first kappa shape index (κ1) is 16.7. The maximum Gasteiger partial charge on any atom is 0.333 e. The minimum atomic E-state index is -0.223. The number of methoxy groups -OCH3 is 1. The third-order valence-corrected chi connectivity index (χ3v) is 4.71. The van der Waals surface area contributed by atoms with Crippen LogP contribution in [0.5, 0.6) is 0 Å². The molecule has 3 rings (SSSR count). The zero-order valence-electron chi connectivity index (χ0n) is 14.5. The minimum Gasteiger partial charge on any atom is -0.466 e. The van der Waals surface area contributed by atoms with Gasteiger partial charge in [-0.15, -0.1) is 0 Å². The van der Waals surface area contributed by atoms with E-state index >= 15 is 0 Å². The van der Waals surface area contributed by atoms with Crippen molar-refractivity contribution in [2.75, 3.05) is 21.2 Å². The number of carbonyl (C=O) groups excluding carboxylic acids is 1. The van der Waals surface area contributed by atoms with Crippen LogP contribution in [-0.4, -0.2) is 27.2 Å². The van der Waals surface area contributed by atoms with E-state index in [1.165, 1.54) is 40.1 Å². The lowest BCUT2D eigenvalue weighted by Gasteiger charge is -2.24. The average molecular weight is 324 g/mol. The Morgan fingerprint density at radius 2 is 1.67 bits per heavy atom. The van der Waals surface area contributed by atoms with Gasteiger partial charge in [-0.25, -0.2) is 4.79 Å². The summed E-state index contributed by atoms with van der Waals surface area (Å²) in [5.74, 6) is -0.223. The molecule has 0 spiro atoms. The van der Waals surface area contributed by atoms with E-state index in [0.717, 1.165) is 31.5 Å². The highest BCUT2D eigenvalue weighted by atomic mass is 16.5. The van der Waals surface area contributed by atoms with Crippen LogP contribution >= 0.6 is 0 Å². The molecule has 0 heterocycles. The summed E-state index contributed by atoms with van der Waals surface area (Å²) in [4.78, 5) is 12.0. The molecule has 2 N–H and O–H groups in total. The van der Waals surface area contributed by atoms with Crippen LogP contribution in [-0.2, 0) is 29.0 Å². The second kappa shape index (κ2) is 7.16. The van der Waals surface area contributed by atoms with E-state index in [9.17, 15) is 4.79 Å². The van der Waals surface area contributed by atoms with Gasteiger partial charge in [-0.1, -0.05) is 24.3 Å². The topological polar surface area (TPSA) is 50.4 Å². The van der Waals surface area contributed by atoms with Gasteiger partial charge in [0.2, 0.25) is 0 Å². The van der Waals surface area contributed by atoms with Gasteiger partial charge in [0, 0.05) is 18.7 Å². The summed E-state index contributed by atoms with van der Waals surface area (Å²) in [6.07, 6.45) is 3.63. The van der Waals surface area contributed by atoms with Gasteiger partial charge in [0.25, 0.3) is 0 Å². The van der Waals surface area contributed by atoms with Gasteiger partial charge in [-0.2, -0.15) is 0 Å². The largest absolute Gasteiger partial charge is 0.466 e. The number of nitrogens with one attached hydrogen (secondary N) is 2. The van der Waals surface area contributed by atoms with Crippen LogP contribution < -0.4 is 10.6 Å². The Kier molecular flexibility index (Phi) is 4.97. The molecule has 0 atom stereocenters. The quantitative estimate of drug-likeness (QED) is 0.831. The maximum absolute atomic E-state index is 12.0. The number of benzene rings is 2. The molecule has 1 aliphatic rings. The second-order valence-electron chi connectivity index (χ2n) is 6.12. The van der Waals surface area contributed by atoms with Crippen LogP contribution in [0.25, 0.3) is 16.8 Å². The predicted molar refractivity (Wildman–Crippen MR) is 97.8 cm³/mol. The molecule has 0 radical (unpaired) electrons. The number of ether oxygens (including phenoxy) is 1. The van der Waals surface area contributed by atoms with Gasteiger partial charge in [0.05, 0.1) is 7.11 Å². The Balaban J connectivity index is 2.32. The first-order valence-corrected chi connectivity index (χ1v) is 8.34. The molecule has 0 saturated carbocycles. The van der Waals surface area contributed by atoms with Crippen LogP contribution in [0.2, 0.25) is 0 Å². The van der Waals surface area contributed by atoms with Crippen LogP contribution in [0, 0.1) is 0 Å². The molecule has 0 fully saturated rings. The van der Waals surface area contributed by atoms with Gasteiger partial charge >= 0.3 is 5.97 Å². The molecule has 126 valence electrons. The number of fused-ring (bicyclic) bond motifs is 2. The zero-order chi connectivity index (χ0) is 17.1. The number of hydrogen-bond donors (Lipinski definition) is 2. The minimum absolute atomic E-state index is 0.223. The first-order chi connectivity index (χ1) is 11.7. The van der Waals surface area contributed by atoms with E-state index in [1.807, 2.05) is 20.2 Å². The molecule has 0 bridgehead atoms. The van der Waals surface area contributed by atoms with Crippen molar-refractivity contribution in [3.8, 4) is 0 Å². The summed E-state index contributed by atoms with van der Waals surface area (Å²) >= 11 is 0. The van der Waals surface area contributed by atoms with Crippen LogP contribution in [0.4, 0.5) is 0 Å². The third kappa shape index (κ3) is 2.83. The van der Waals surface area contributed by atoms with E-state index in [-0.39, 0.29) is 5.97 Å². The van der Waals surface area contributed by atoms with E-state index in [0.29, 0.717) is 0 Å². The van der Waals surface area contributed by atoms with Gasteiger partial charge < -0.3 is 15.4 Å². The molecule has 4 nitrogen and oxygen atoms in total. The summed E-state index contributed by atoms with van der Waals surface area (Å²) in [6.45, 7) is 1.59. The molecule has 2 aromatic rings. The van der Waals surface area contributed by atoms with Crippen molar-refractivity contribution in [1.29, 1.82) is 0 Å². The highest BCUT2D eigenvalue weighted by Crippen LogP contribution is 2.36. The van der Waals surface area contributed by atoms with Crippen molar-refractivity contribution in [2.45, 2.75) is 25.9 Å². The smallest absolute Gasteiger partial charge is 0.333 e. The van der Waals surface area contributed by atoms with Crippen LogP contribution in [0.1, 0.15) is 28.7 Å². The Morgan fingerprint density at radius 1 is 1.04 bits per heavy atom. The van der Waals surface area contributed by atoms with Gasteiger partial charge in [-0.05, 0) is 66.0 Å². The van der Waals surface area contributed by atoms with Crippen molar-refractivity contribution in [1.82, 2.24) is 10.6 Å². The molecular formula is C20H24N2O2. The molecule has 0 unspecified atom stereocenters. The lowest BCUT2D eigenvalue weighted by atomic mass is 9.82. The first-order valence-electron chi connectivity index (χ1n) is 8.34. The molecule has 0 aromatic heterocycles. The maximum atomic E-state index is 12.0. The SMILES string of the molecule is CNCc1c2c(c(CNC)c3ccccc13)CCC(C(=O)OC)=C2. The number of carbonyl (C=O) groups is 1. The normalized spacial score (nSPS) is 13.5. The Bertz CT molecular complexity index is 809. The fourth-order valence-corrected chi connectivity index (χ4v) is 3.67. The van der Waals surface area contributed by atoms with Crippen molar-refractivity contribution in [2.24, 2.45) is 0 Å². The Morgan fingerprint density at radius 3 is 2.29 bits per heavy atom. The van der Waals surface area contributed by atoms with E-state index < -0.39 is 0 Å². The lowest BCUT2D eigenvalue weighted by molar-refractivity contribution is -0.136. The molecule has 1 aliphatic carbocycles. The zero-order valence-corrected chi connectivity index (χ0v) is 14.5. The van der Waals surface area contributed by atoms with E-state index in [4.69, 9.17) is 4.74 Å². The molecule has 2 aromatic carbocycles. The monoisotopic (exact) mass is 324 g/mol. The number of rotatable bonds is 5. The summed E-state index contributed by atoms with van der Waals surface area (Å²) in [5, 5.41) is 9.11. The molecule has 0 amide bonds. The van der Waals surface area contributed by atoms with Crippen LogP contribution in [0.3, 0.4) is 0 Å². The summed E-state index contributed by atoms with van der Waals surface area (Å²) in [7, 11) is 5.37. The van der Waals surface area contributed by atoms with Crippen LogP contribution in [0.15, 0.2) is 29.8 Å². The Labute approximate surface area is 142 Å². The predicted octanol–water partition coefficient (Wildman–Crippen LogP) is 2.78. The summed E-state index contributed by atoms with van der Waals surface area (Å²) in [5.41, 5.74) is 5.88. The van der Waals surface area contributed by atoms with E-state index in [2.05, 4.69) is 34.9 Å². The molecule has 4 heteroatoms. The highest BCUT2D eigenvalue weighted by molar-refractivity contribution is 5.99. The molecule has 0 saturated heterocycles. The second-order valence-corrected chi connectivity index (χ2v) is 6.12. The third-order valence-electron chi connectivity index (χ3n) is 4.71. The van der Waals surface area contributed by atoms with Gasteiger partial charge in [0.1, 0.15) is 0 Å². The van der Waals surface area contributed by atoms with Crippen molar-refractivity contribution < 1.29 is 9.53 Å². The molecule has 24 heavy (non-hydrogen) atoms. The summed E-state index contributed by atoms with van der Waals surface area (Å²) < 4.78 is 4.93. The summed E-state index contributed by atoms with van der Waals surface area (Å²) in [6, 6.07) is 8.53. The fraction of sp³-hybridized carbons (Fsp3) is 0.350. The fourth-order valence-electron chi connectivity index (χ4n) is 3.67. The molecule has 0 aliphatic heterocycles.